The lowest BCUT2D eigenvalue weighted by Gasteiger charge is -2.54. The summed E-state index contributed by atoms with van der Waals surface area (Å²) in [5, 5.41) is 3.86. The van der Waals surface area contributed by atoms with Gasteiger partial charge in [0.05, 0.1) is 5.69 Å². The SMILES string of the molecule is Cc1cccnc1CNC1C2CC3CC(C2)CC1C3. The average Bonchev–Trinajstić information content (AvgIpc) is 2.39. The third kappa shape index (κ3) is 2.10. The number of aryl methyl sites for hydroxylation is 1. The van der Waals surface area contributed by atoms with Gasteiger partial charge in [0.1, 0.15) is 0 Å². The standard InChI is InChI=1S/C17H24N2/c1-11-3-2-4-18-16(11)10-19-17-14-6-12-5-13(8-14)9-15(17)7-12/h2-4,12-15,17,19H,5-10H2,1H3. The van der Waals surface area contributed by atoms with E-state index >= 15 is 0 Å². The Labute approximate surface area is 116 Å². The van der Waals surface area contributed by atoms with E-state index in [1.54, 1.807) is 6.42 Å². The summed E-state index contributed by atoms with van der Waals surface area (Å²) in [7, 11) is 0. The Morgan fingerprint density at radius 3 is 2.42 bits per heavy atom. The summed E-state index contributed by atoms with van der Waals surface area (Å²) in [4.78, 5) is 4.52. The summed E-state index contributed by atoms with van der Waals surface area (Å²) in [6.07, 6.45) is 9.43. The zero-order valence-corrected chi connectivity index (χ0v) is 11.8. The highest BCUT2D eigenvalue weighted by Crippen LogP contribution is 2.53. The normalized spacial score (nSPS) is 39.7. The monoisotopic (exact) mass is 256 g/mol. The van der Waals surface area contributed by atoms with Crippen LogP contribution in [0.4, 0.5) is 0 Å². The van der Waals surface area contributed by atoms with Crippen molar-refractivity contribution >= 4 is 0 Å². The fraction of sp³-hybridized carbons (Fsp3) is 0.706. The Morgan fingerprint density at radius 2 is 1.79 bits per heavy atom. The van der Waals surface area contributed by atoms with Crippen molar-refractivity contribution in [2.45, 2.75) is 51.6 Å². The molecule has 0 aliphatic heterocycles. The second-order valence-electron chi connectivity index (χ2n) is 7.10. The van der Waals surface area contributed by atoms with E-state index < -0.39 is 0 Å². The maximum absolute atomic E-state index is 4.52. The summed E-state index contributed by atoms with van der Waals surface area (Å²) in [6.45, 7) is 3.13. The van der Waals surface area contributed by atoms with Gasteiger partial charge in [-0.2, -0.15) is 0 Å². The molecule has 4 aliphatic rings. The van der Waals surface area contributed by atoms with Crippen LogP contribution in [-0.4, -0.2) is 11.0 Å². The van der Waals surface area contributed by atoms with E-state index in [2.05, 4.69) is 23.3 Å². The van der Waals surface area contributed by atoms with Crippen LogP contribution >= 0.6 is 0 Å². The molecule has 0 spiro atoms. The van der Waals surface area contributed by atoms with Gasteiger partial charge >= 0.3 is 0 Å². The minimum absolute atomic E-state index is 0.772. The molecule has 4 fully saturated rings. The van der Waals surface area contributed by atoms with Crippen molar-refractivity contribution in [3.8, 4) is 0 Å². The van der Waals surface area contributed by atoms with E-state index in [0.717, 1.165) is 36.3 Å². The van der Waals surface area contributed by atoms with Gasteiger partial charge in [0.25, 0.3) is 0 Å². The molecule has 19 heavy (non-hydrogen) atoms. The number of nitrogens with one attached hydrogen (secondary N) is 1. The second-order valence-corrected chi connectivity index (χ2v) is 7.10. The summed E-state index contributed by atoms with van der Waals surface area (Å²) in [5.74, 6) is 4.05. The molecule has 1 aromatic heterocycles. The molecule has 5 rings (SSSR count). The van der Waals surface area contributed by atoms with Crippen molar-refractivity contribution in [1.29, 1.82) is 0 Å². The van der Waals surface area contributed by atoms with Crippen molar-refractivity contribution < 1.29 is 0 Å². The van der Waals surface area contributed by atoms with E-state index in [1.165, 1.54) is 36.9 Å². The highest BCUT2D eigenvalue weighted by atomic mass is 15.0. The van der Waals surface area contributed by atoms with Crippen LogP contribution < -0.4 is 5.32 Å². The van der Waals surface area contributed by atoms with Crippen molar-refractivity contribution in [3.05, 3.63) is 29.6 Å². The minimum Gasteiger partial charge on any atom is -0.308 e. The van der Waals surface area contributed by atoms with Crippen LogP contribution in [0.2, 0.25) is 0 Å². The number of hydrogen-bond acceptors (Lipinski definition) is 2. The van der Waals surface area contributed by atoms with Crippen molar-refractivity contribution in [2.75, 3.05) is 0 Å². The van der Waals surface area contributed by atoms with Crippen LogP contribution in [-0.2, 0) is 6.54 Å². The number of aromatic nitrogens is 1. The lowest BCUT2D eigenvalue weighted by Crippen LogP contribution is -2.54. The summed E-state index contributed by atoms with van der Waals surface area (Å²) in [5.41, 5.74) is 2.55. The lowest BCUT2D eigenvalue weighted by molar-refractivity contribution is -0.0143. The molecule has 1 aromatic rings. The maximum Gasteiger partial charge on any atom is 0.0570 e. The predicted molar refractivity (Wildman–Crippen MR) is 76.6 cm³/mol. The summed E-state index contributed by atoms with van der Waals surface area (Å²) >= 11 is 0. The molecule has 1 N–H and O–H groups in total. The lowest BCUT2D eigenvalue weighted by atomic mass is 9.54. The van der Waals surface area contributed by atoms with Gasteiger partial charge in [-0.3, -0.25) is 4.98 Å². The first-order valence-electron chi connectivity index (χ1n) is 7.93. The molecule has 0 amide bonds. The van der Waals surface area contributed by atoms with E-state index in [-0.39, 0.29) is 0 Å². The Kier molecular flexibility index (Phi) is 2.87. The van der Waals surface area contributed by atoms with E-state index in [0.29, 0.717) is 0 Å². The van der Waals surface area contributed by atoms with E-state index in [9.17, 15) is 0 Å². The first kappa shape index (κ1) is 11.9. The van der Waals surface area contributed by atoms with Gasteiger partial charge in [0, 0.05) is 18.8 Å². The molecule has 1 heterocycles. The minimum atomic E-state index is 0.772. The van der Waals surface area contributed by atoms with Gasteiger partial charge < -0.3 is 5.32 Å². The molecule has 102 valence electrons. The quantitative estimate of drug-likeness (QED) is 0.897. The molecule has 4 aliphatic carbocycles. The number of rotatable bonds is 3. The average molecular weight is 256 g/mol. The number of nitrogens with zero attached hydrogens (tertiary/aromatic N) is 1. The maximum atomic E-state index is 4.52. The van der Waals surface area contributed by atoms with Gasteiger partial charge in [0.15, 0.2) is 0 Å². The van der Waals surface area contributed by atoms with Crippen LogP contribution in [0.25, 0.3) is 0 Å². The Bertz CT molecular complexity index is 440. The Morgan fingerprint density at radius 1 is 1.11 bits per heavy atom. The Balaban J connectivity index is 1.45. The number of hydrogen-bond donors (Lipinski definition) is 1. The molecular weight excluding hydrogens is 232 g/mol. The van der Waals surface area contributed by atoms with Crippen LogP contribution in [0, 0.1) is 30.6 Å². The highest BCUT2D eigenvalue weighted by Gasteiger charge is 2.47. The van der Waals surface area contributed by atoms with Crippen LogP contribution in [0.3, 0.4) is 0 Å². The zero-order chi connectivity index (χ0) is 12.8. The predicted octanol–water partition coefficient (Wildman–Crippen LogP) is 3.30. The molecule has 4 saturated carbocycles. The van der Waals surface area contributed by atoms with Crippen molar-refractivity contribution in [1.82, 2.24) is 10.3 Å². The third-order valence-electron chi connectivity index (χ3n) is 5.85. The molecule has 2 heteroatoms. The van der Waals surface area contributed by atoms with E-state index in [4.69, 9.17) is 0 Å². The highest BCUT2D eigenvalue weighted by molar-refractivity contribution is 5.17. The topological polar surface area (TPSA) is 24.9 Å². The molecular formula is C17H24N2. The van der Waals surface area contributed by atoms with Gasteiger partial charge in [-0.25, -0.2) is 0 Å². The van der Waals surface area contributed by atoms with Gasteiger partial charge in [0.2, 0.25) is 0 Å². The molecule has 0 saturated heterocycles. The zero-order valence-electron chi connectivity index (χ0n) is 11.8. The van der Waals surface area contributed by atoms with Gasteiger partial charge in [-0.1, -0.05) is 6.07 Å². The fourth-order valence-electron chi connectivity index (χ4n) is 5.18. The fourth-order valence-corrected chi connectivity index (χ4v) is 5.18. The Hall–Kier alpha value is -0.890. The first-order chi connectivity index (χ1) is 9.29. The van der Waals surface area contributed by atoms with Crippen molar-refractivity contribution in [2.24, 2.45) is 23.7 Å². The molecule has 2 nitrogen and oxygen atoms in total. The molecule has 4 bridgehead atoms. The van der Waals surface area contributed by atoms with Crippen LogP contribution in [0.15, 0.2) is 18.3 Å². The second kappa shape index (κ2) is 4.59. The van der Waals surface area contributed by atoms with Gasteiger partial charge in [-0.15, -0.1) is 0 Å². The smallest absolute Gasteiger partial charge is 0.0570 e. The molecule has 0 unspecified atom stereocenters. The van der Waals surface area contributed by atoms with E-state index in [1.807, 2.05) is 12.3 Å². The molecule has 0 aromatic carbocycles. The molecule has 0 atom stereocenters. The van der Waals surface area contributed by atoms with Gasteiger partial charge in [-0.05, 0) is 74.3 Å². The summed E-state index contributed by atoms with van der Waals surface area (Å²) in [6, 6.07) is 4.97. The number of pyridine rings is 1. The largest absolute Gasteiger partial charge is 0.308 e. The van der Waals surface area contributed by atoms with Crippen LogP contribution in [0.1, 0.15) is 43.4 Å². The first-order valence-corrected chi connectivity index (χ1v) is 7.93. The third-order valence-corrected chi connectivity index (χ3v) is 5.85. The van der Waals surface area contributed by atoms with Crippen LogP contribution in [0.5, 0.6) is 0 Å². The van der Waals surface area contributed by atoms with Crippen molar-refractivity contribution in [3.63, 3.8) is 0 Å². The summed E-state index contributed by atoms with van der Waals surface area (Å²) < 4.78 is 0. The molecule has 0 radical (unpaired) electrons.